The van der Waals surface area contributed by atoms with E-state index < -0.39 is 17.7 Å². The first kappa shape index (κ1) is 30.6. The quantitative estimate of drug-likeness (QED) is 0.140. The third-order valence-electron chi connectivity index (χ3n) is 8.20. The molecule has 2 fully saturated rings. The summed E-state index contributed by atoms with van der Waals surface area (Å²) in [6, 6.07) is 8.53. The predicted octanol–water partition coefficient (Wildman–Crippen LogP) is 4.67. The normalized spacial score (nSPS) is 19.0. The largest absolute Gasteiger partial charge is 0.505 e. The molecule has 2 aliphatic heterocycles. The van der Waals surface area contributed by atoms with Crippen molar-refractivity contribution in [3.63, 3.8) is 0 Å². The number of carbonyl (C=O) groups is 2. The Labute approximate surface area is 252 Å². The Morgan fingerprint density at radius 3 is 2.56 bits per heavy atom. The molecule has 5 rings (SSSR count). The highest BCUT2D eigenvalue weighted by Crippen LogP contribution is 2.42. The van der Waals surface area contributed by atoms with E-state index in [1.165, 1.54) is 0 Å². The fourth-order valence-electron chi connectivity index (χ4n) is 5.82. The van der Waals surface area contributed by atoms with Gasteiger partial charge >= 0.3 is 0 Å². The van der Waals surface area contributed by atoms with Crippen molar-refractivity contribution in [1.29, 1.82) is 0 Å². The van der Waals surface area contributed by atoms with Gasteiger partial charge in [0.2, 0.25) is 0 Å². The third-order valence-corrected chi connectivity index (χ3v) is 8.20. The number of aromatic nitrogens is 2. The second-order valence-electron chi connectivity index (χ2n) is 11.1. The Morgan fingerprint density at radius 1 is 1.05 bits per heavy atom. The van der Waals surface area contributed by atoms with Crippen LogP contribution >= 0.6 is 0 Å². The molecule has 3 aromatic rings. The highest BCUT2D eigenvalue weighted by Gasteiger charge is 2.46. The minimum absolute atomic E-state index is 0.0233. The number of fused-ring (bicyclic) bond motifs is 1. The van der Waals surface area contributed by atoms with Crippen LogP contribution in [0.2, 0.25) is 0 Å². The lowest BCUT2D eigenvalue weighted by Gasteiger charge is -2.31. The van der Waals surface area contributed by atoms with Crippen LogP contribution < -0.4 is 9.47 Å². The maximum atomic E-state index is 13.7. The molecule has 43 heavy (non-hydrogen) atoms. The summed E-state index contributed by atoms with van der Waals surface area (Å²) in [7, 11) is 0. The van der Waals surface area contributed by atoms with Gasteiger partial charge in [0.15, 0.2) is 17.3 Å². The minimum atomic E-state index is -0.820. The zero-order chi connectivity index (χ0) is 30.5. The minimum Gasteiger partial charge on any atom is -0.505 e. The zero-order valence-corrected chi connectivity index (χ0v) is 25.6. The Kier molecular flexibility index (Phi) is 9.67. The van der Waals surface area contributed by atoms with Crippen LogP contribution in [0, 0.1) is 13.8 Å². The molecule has 0 bridgehead atoms. The number of amides is 1. The molecule has 4 heterocycles. The number of carbonyl (C=O) groups excluding carboxylic acids is 2. The average Bonchev–Trinajstić information content (AvgIpc) is 3.49. The van der Waals surface area contributed by atoms with Crippen LogP contribution in [0.4, 0.5) is 0 Å². The van der Waals surface area contributed by atoms with E-state index in [9.17, 15) is 14.7 Å². The summed E-state index contributed by atoms with van der Waals surface area (Å²) in [4.78, 5) is 35.8. The summed E-state index contributed by atoms with van der Waals surface area (Å²) in [6.45, 7) is 12.5. The molecule has 230 valence electrons. The summed E-state index contributed by atoms with van der Waals surface area (Å²) < 4.78 is 19.4. The van der Waals surface area contributed by atoms with E-state index in [0.717, 1.165) is 37.9 Å². The monoisotopic (exact) mass is 590 g/mol. The second-order valence-corrected chi connectivity index (χ2v) is 11.1. The molecule has 0 saturated carbocycles. The second kappa shape index (κ2) is 13.6. The lowest BCUT2D eigenvalue weighted by Crippen LogP contribution is -2.42. The van der Waals surface area contributed by atoms with Gasteiger partial charge in [-0.3, -0.25) is 14.5 Å². The molecule has 2 aromatic heterocycles. The number of morpholine rings is 1. The van der Waals surface area contributed by atoms with E-state index in [4.69, 9.17) is 19.2 Å². The number of aliphatic hydroxyl groups excluding tert-OH is 1. The van der Waals surface area contributed by atoms with Gasteiger partial charge in [-0.15, -0.1) is 0 Å². The van der Waals surface area contributed by atoms with E-state index in [-0.39, 0.29) is 17.0 Å². The van der Waals surface area contributed by atoms with Crippen molar-refractivity contribution in [2.24, 2.45) is 0 Å². The van der Waals surface area contributed by atoms with Crippen LogP contribution in [-0.4, -0.2) is 88.6 Å². The molecule has 0 aliphatic carbocycles. The summed E-state index contributed by atoms with van der Waals surface area (Å²) in [6.07, 6.45) is 4.97. The fourth-order valence-corrected chi connectivity index (χ4v) is 5.82. The molecular formula is C33H42N4O6. The SMILES string of the molecule is CCCCCOc1ccc(C2C(=C(O)c3nc4c(C)cccn4c3C)C(=O)C(=O)N2CCN2CCOCC2)cc1OCC. The molecule has 1 amide bonds. The average molecular weight is 591 g/mol. The molecule has 2 aliphatic rings. The van der Waals surface area contributed by atoms with Gasteiger partial charge in [0.25, 0.3) is 11.7 Å². The van der Waals surface area contributed by atoms with Crippen molar-refractivity contribution in [2.45, 2.75) is 53.0 Å². The van der Waals surface area contributed by atoms with Gasteiger partial charge < -0.3 is 28.6 Å². The molecule has 10 nitrogen and oxygen atoms in total. The zero-order valence-electron chi connectivity index (χ0n) is 25.6. The first-order valence-electron chi connectivity index (χ1n) is 15.3. The third kappa shape index (κ3) is 6.26. The summed E-state index contributed by atoms with van der Waals surface area (Å²) in [5.41, 5.74) is 3.26. The molecule has 1 N–H and O–H groups in total. The van der Waals surface area contributed by atoms with Crippen LogP contribution in [0.1, 0.15) is 61.7 Å². The van der Waals surface area contributed by atoms with Crippen molar-refractivity contribution >= 4 is 23.1 Å². The fraction of sp³-hybridized carbons (Fsp3) is 0.485. The van der Waals surface area contributed by atoms with Gasteiger partial charge in [0.1, 0.15) is 11.3 Å². The Bertz CT molecular complexity index is 1510. The predicted molar refractivity (Wildman–Crippen MR) is 164 cm³/mol. The van der Waals surface area contributed by atoms with Gasteiger partial charge in [-0.2, -0.15) is 0 Å². The van der Waals surface area contributed by atoms with Gasteiger partial charge in [0, 0.05) is 32.4 Å². The van der Waals surface area contributed by atoms with Gasteiger partial charge in [0.05, 0.1) is 43.7 Å². The number of rotatable bonds is 12. The Balaban J connectivity index is 1.58. The van der Waals surface area contributed by atoms with Crippen molar-refractivity contribution in [2.75, 3.05) is 52.6 Å². The number of ketones is 1. The van der Waals surface area contributed by atoms with Crippen LogP contribution in [-0.2, 0) is 14.3 Å². The Morgan fingerprint density at radius 2 is 1.84 bits per heavy atom. The highest BCUT2D eigenvalue weighted by molar-refractivity contribution is 6.46. The summed E-state index contributed by atoms with van der Waals surface area (Å²) in [5.74, 6) is -0.505. The molecule has 0 radical (unpaired) electrons. The van der Waals surface area contributed by atoms with Crippen molar-refractivity contribution in [1.82, 2.24) is 19.2 Å². The molecule has 1 atom stereocenters. The van der Waals surface area contributed by atoms with Gasteiger partial charge in [-0.05, 0) is 56.5 Å². The number of Topliss-reactive ketones (excluding diaryl/α,β-unsaturated/α-hetero) is 1. The number of aliphatic hydroxyl groups is 1. The van der Waals surface area contributed by atoms with Crippen LogP contribution in [0.15, 0.2) is 42.1 Å². The molecular weight excluding hydrogens is 548 g/mol. The van der Waals surface area contributed by atoms with E-state index in [1.807, 2.05) is 61.7 Å². The first-order valence-corrected chi connectivity index (χ1v) is 15.3. The van der Waals surface area contributed by atoms with Gasteiger partial charge in [-0.1, -0.05) is 31.9 Å². The smallest absolute Gasteiger partial charge is 0.295 e. The number of aryl methyl sites for hydroxylation is 2. The van der Waals surface area contributed by atoms with Crippen LogP contribution in [0.5, 0.6) is 11.5 Å². The molecule has 10 heteroatoms. The van der Waals surface area contributed by atoms with Crippen molar-refractivity contribution in [3.05, 3.63) is 64.6 Å². The lowest BCUT2D eigenvalue weighted by molar-refractivity contribution is -0.140. The number of benzene rings is 1. The van der Waals surface area contributed by atoms with Gasteiger partial charge in [-0.25, -0.2) is 4.98 Å². The summed E-state index contributed by atoms with van der Waals surface area (Å²) >= 11 is 0. The number of ether oxygens (including phenoxy) is 3. The van der Waals surface area contributed by atoms with Crippen molar-refractivity contribution in [3.8, 4) is 11.5 Å². The molecule has 1 aromatic carbocycles. The van der Waals surface area contributed by atoms with Crippen molar-refractivity contribution < 1.29 is 28.9 Å². The number of unbranched alkanes of at least 4 members (excludes halogenated alkanes) is 2. The number of hydrogen-bond donors (Lipinski definition) is 1. The molecule has 1 unspecified atom stereocenters. The van der Waals surface area contributed by atoms with E-state index in [0.29, 0.717) is 67.9 Å². The number of likely N-dealkylation sites (tertiary alicyclic amines) is 1. The first-order chi connectivity index (χ1) is 20.8. The van der Waals surface area contributed by atoms with Crippen LogP contribution in [0.25, 0.3) is 11.4 Å². The van der Waals surface area contributed by atoms with E-state index >= 15 is 0 Å². The number of nitrogens with zero attached hydrogens (tertiary/aromatic N) is 4. The highest BCUT2D eigenvalue weighted by atomic mass is 16.5. The topological polar surface area (TPSA) is 106 Å². The van der Waals surface area contributed by atoms with E-state index in [1.54, 1.807) is 4.90 Å². The molecule has 0 spiro atoms. The number of pyridine rings is 1. The van der Waals surface area contributed by atoms with E-state index in [2.05, 4.69) is 11.8 Å². The number of hydrogen-bond acceptors (Lipinski definition) is 8. The Hall–Kier alpha value is -3.89. The number of imidazole rings is 1. The van der Waals surface area contributed by atoms with Crippen LogP contribution in [0.3, 0.4) is 0 Å². The summed E-state index contributed by atoms with van der Waals surface area (Å²) in [5, 5.41) is 11.8. The maximum absolute atomic E-state index is 13.7. The standard InChI is InChI=1S/C33H42N4O6/c1-5-7-8-18-43-25-12-11-24(21-26(25)42-6-2)29-27(30(38)28-23(4)36-13-9-10-22(3)32(36)34-28)31(39)33(40)37(29)15-14-35-16-19-41-20-17-35/h9-13,21,29,38H,5-8,14-20H2,1-4H3. The lowest BCUT2D eigenvalue weighted by atomic mass is 9.96. The molecule has 2 saturated heterocycles. The maximum Gasteiger partial charge on any atom is 0.295 e.